The van der Waals surface area contributed by atoms with E-state index in [1.165, 1.54) is 18.2 Å². The van der Waals surface area contributed by atoms with Crippen molar-refractivity contribution >= 4 is 23.7 Å². The lowest BCUT2D eigenvalue weighted by atomic mass is 10.0. The van der Waals surface area contributed by atoms with Crippen molar-refractivity contribution in [3.8, 4) is 0 Å². The van der Waals surface area contributed by atoms with E-state index in [2.05, 4.69) is 5.32 Å². The SMILES string of the molecule is O=C(C=Cc1cccc(F)c1)NCC1(O)CCSC1. The fourth-order valence-corrected chi connectivity index (χ4v) is 3.12. The van der Waals surface area contributed by atoms with Crippen molar-refractivity contribution in [1.82, 2.24) is 5.32 Å². The van der Waals surface area contributed by atoms with Crippen LogP contribution in [0.4, 0.5) is 4.39 Å². The molecule has 1 unspecified atom stereocenters. The van der Waals surface area contributed by atoms with Gasteiger partial charge in [-0.2, -0.15) is 11.8 Å². The van der Waals surface area contributed by atoms with Crippen LogP contribution in [-0.4, -0.2) is 34.7 Å². The molecule has 102 valence electrons. The van der Waals surface area contributed by atoms with E-state index in [1.54, 1.807) is 30.0 Å². The monoisotopic (exact) mass is 281 g/mol. The fraction of sp³-hybridized carbons (Fsp3) is 0.357. The zero-order valence-electron chi connectivity index (χ0n) is 10.4. The van der Waals surface area contributed by atoms with E-state index in [0.717, 1.165) is 5.75 Å². The summed E-state index contributed by atoms with van der Waals surface area (Å²) in [5.41, 5.74) is -0.155. The highest BCUT2D eigenvalue weighted by atomic mass is 32.2. The van der Waals surface area contributed by atoms with E-state index in [9.17, 15) is 14.3 Å². The Bertz CT molecular complexity index is 484. The highest BCUT2D eigenvalue weighted by molar-refractivity contribution is 7.99. The van der Waals surface area contributed by atoms with Gasteiger partial charge in [0.15, 0.2) is 0 Å². The summed E-state index contributed by atoms with van der Waals surface area (Å²) in [5.74, 6) is 0.960. The van der Waals surface area contributed by atoms with Crippen LogP contribution in [0.5, 0.6) is 0 Å². The summed E-state index contributed by atoms with van der Waals surface area (Å²) in [6, 6.07) is 6.01. The molecule has 2 N–H and O–H groups in total. The van der Waals surface area contributed by atoms with Crippen molar-refractivity contribution < 1.29 is 14.3 Å². The third kappa shape index (κ3) is 4.36. The van der Waals surface area contributed by atoms with Gasteiger partial charge in [0.2, 0.25) is 5.91 Å². The van der Waals surface area contributed by atoms with Gasteiger partial charge in [-0.1, -0.05) is 12.1 Å². The van der Waals surface area contributed by atoms with Gasteiger partial charge < -0.3 is 10.4 Å². The Hall–Kier alpha value is -1.33. The zero-order chi connectivity index (χ0) is 13.7. The number of halogens is 1. The van der Waals surface area contributed by atoms with Crippen molar-refractivity contribution in [2.75, 3.05) is 18.1 Å². The normalized spacial score (nSPS) is 22.8. The minimum atomic E-state index is -0.785. The molecule has 0 spiro atoms. The Morgan fingerprint density at radius 1 is 1.58 bits per heavy atom. The van der Waals surface area contributed by atoms with Crippen LogP contribution in [0.25, 0.3) is 6.08 Å². The number of thioether (sulfide) groups is 1. The number of carbonyl (C=O) groups is 1. The molecule has 19 heavy (non-hydrogen) atoms. The van der Waals surface area contributed by atoms with Crippen LogP contribution in [0.3, 0.4) is 0 Å². The van der Waals surface area contributed by atoms with Crippen molar-refractivity contribution in [2.45, 2.75) is 12.0 Å². The third-order valence-electron chi connectivity index (χ3n) is 2.95. The number of benzene rings is 1. The molecule has 1 aromatic rings. The van der Waals surface area contributed by atoms with Gasteiger partial charge in [-0.3, -0.25) is 4.79 Å². The predicted molar refractivity (Wildman–Crippen MR) is 75.3 cm³/mol. The first kappa shape index (κ1) is 14.1. The summed E-state index contributed by atoms with van der Waals surface area (Å²) in [7, 11) is 0. The van der Waals surface area contributed by atoms with E-state index in [1.807, 2.05) is 0 Å². The van der Waals surface area contributed by atoms with Crippen molar-refractivity contribution in [3.63, 3.8) is 0 Å². The Kier molecular flexibility index (Phi) is 4.61. The molecule has 0 aliphatic carbocycles. The van der Waals surface area contributed by atoms with Crippen LogP contribution in [0.2, 0.25) is 0 Å². The van der Waals surface area contributed by atoms with Gasteiger partial charge in [-0.25, -0.2) is 4.39 Å². The Morgan fingerprint density at radius 3 is 3.11 bits per heavy atom. The zero-order valence-corrected chi connectivity index (χ0v) is 11.3. The second-order valence-corrected chi connectivity index (χ2v) is 5.74. The lowest BCUT2D eigenvalue weighted by molar-refractivity contribution is -0.117. The quantitative estimate of drug-likeness (QED) is 0.828. The number of nitrogens with one attached hydrogen (secondary N) is 1. The van der Waals surface area contributed by atoms with Crippen molar-refractivity contribution in [3.05, 3.63) is 41.7 Å². The average Bonchev–Trinajstić information content (AvgIpc) is 2.82. The van der Waals surface area contributed by atoms with Gasteiger partial charge in [0.25, 0.3) is 0 Å². The summed E-state index contributed by atoms with van der Waals surface area (Å²) in [6.45, 7) is 0.256. The van der Waals surface area contributed by atoms with Gasteiger partial charge in [-0.05, 0) is 35.9 Å². The topological polar surface area (TPSA) is 49.3 Å². The molecular formula is C14H16FNO2S. The van der Waals surface area contributed by atoms with Crippen molar-refractivity contribution in [1.29, 1.82) is 0 Å². The number of aliphatic hydroxyl groups is 1. The number of hydrogen-bond donors (Lipinski definition) is 2. The molecule has 1 aliphatic rings. The van der Waals surface area contributed by atoms with E-state index in [0.29, 0.717) is 17.7 Å². The number of carbonyl (C=O) groups excluding carboxylic acids is 1. The number of rotatable bonds is 4. The van der Waals surface area contributed by atoms with Gasteiger partial charge in [0.05, 0.1) is 5.60 Å². The number of amides is 1. The Labute approximate surface area is 115 Å². The molecule has 1 atom stereocenters. The fourth-order valence-electron chi connectivity index (χ4n) is 1.83. The highest BCUT2D eigenvalue weighted by Gasteiger charge is 2.31. The van der Waals surface area contributed by atoms with E-state index in [4.69, 9.17) is 0 Å². The number of hydrogen-bond acceptors (Lipinski definition) is 3. The molecule has 0 radical (unpaired) electrons. The molecule has 3 nitrogen and oxygen atoms in total. The minimum Gasteiger partial charge on any atom is -0.387 e. The van der Waals surface area contributed by atoms with Gasteiger partial charge >= 0.3 is 0 Å². The maximum absolute atomic E-state index is 12.9. The maximum atomic E-state index is 12.9. The van der Waals surface area contributed by atoms with Crippen LogP contribution >= 0.6 is 11.8 Å². The molecule has 0 saturated carbocycles. The van der Waals surface area contributed by atoms with Crippen LogP contribution < -0.4 is 5.32 Å². The second-order valence-electron chi connectivity index (χ2n) is 4.63. The summed E-state index contributed by atoms with van der Waals surface area (Å²) in [4.78, 5) is 11.6. The first-order valence-electron chi connectivity index (χ1n) is 6.09. The lowest BCUT2D eigenvalue weighted by Crippen LogP contribution is -2.42. The first-order valence-corrected chi connectivity index (χ1v) is 7.25. The molecule has 1 saturated heterocycles. The van der Waals surface area contributed by atoms with Crippen molar-refractivity contribution in [2.24, 2.45) is 0 Å². The predicted octanol–water partition coefficient (Wildman–Crippen LogP) is 1.82. The molecular weight excluding hydrogens is 265 g/mol. The first-order chi connectivity index (χ1) is 9.07. The van der Waals surface area contributed by atoms with Gasteiger partial charge in [-0.15, -0.1) is 0 Å². The maximum Gasteiger partial charge on any atom is 0.244 e. The smallest absolute Gasteiger partial charge is 0.244 e. The van der Waals surface area contributed by atoms with Crippen LogP contribution in [0.15, 0.2) is 30.3 Å². The van der Waals surface area contributed by atoms with Crippen LogP contribution in [0, 0.1) is 5.82 Å². The second kappa shape index (κ2) is 6.21. The standard InChI is InChI=1S/C14H16FNO2S/c15-12-3-1-2-11(8-12)4-5-13(17)16-9-14(18)6-7-19-10-14/h1-5,8,18H,6-7,9-10H2,(H,16,17). The third-order valence-corrected chi connectivity index (χ3v) is 4.18. The van der Waals surface area contributed by atoms with Gasteiger partial charge in [0.1, 0.15) is 5.82 Å². The molecule has 0 aromatic heterocycles. The van der Waals surface area contributed by atoms with Crippen LogP contribution in [0.1, 0.15) is 12.0 Å². The summed E-state index contributed by atoms with van der Waals surface area (Å²) in [6.07, 6.45) is 3.59. The summed E-state index contributed by atoms with van der Waals surface area (Å²) >= 11 is 1.68. The van der Waals surface area contributed by atoms with Crippen LogP contribution in [-0.2, 0) is 4.79 Å². The molecule has 1 heterocycles. The summed E-state index contributed by atoms with van der Waals surface area (Å²) in [5, 5.41) is 12.7. The molecule has 1 amide bonds. The molecule has 1 fully saturated rings. The minimum absolute atomic E-state index is 0.256. The lowest BCUT2D eigenvalue weighted by Gasteiger charge is -2.20. The van der Waals surface area contributed by atoms with E-state index >= 15 is 0 Å². The molecule has 0 bridgehead atoms. The molecule has 1 aromatic carbocycles. The molecule has 1 aliphatic heterocycles. The largest absolute Gasteiger partial charge is 0.387 e. The van der Waals surface area contributed by atoms with E-state index < -0.39 is 5.60 Å². The Balaban J connectivity index is 1.84. The molecule has 5 heteroatoms. The molecule has 2 rings (SSSR count). The highest BCUT2D eigenvalue weighted by Crippen LogP contribution is 2.26. The average molecular weight is 281 g/mol. The van der Waals surface area contributed by atoms with Gasteiger partial charge in [0, 0.05) is 18.4 Å². The summed E-state index contributed by atoms with van der Waals surface area (Å²) < 4.78 is 12.9. The Morgan fingerprint density at radius 2 is 2.42 bits per heavy atom. The van der Waals surface area contributed by atoms with E-state index in [-0.39, 0.29) is 18.3 Å².